The van der Waals surface area contributed by atoms with E-state index in [9.17, 15) is 9.59 Å². The Labute approximate surface area is 157 Å². The van der Waals surface area contributed by atoms with Crippen molar-refractivity contribution in [1.82, 2.24) is 5.32 Å². The summed E-state index contributed by atoms with van der Waals surface area (Å²) < 4.78 is 15.9. The van der Waals surface area contributed by atoms with Gasteiger partial charge in [-0.05, 0) is 36.4 Å². The summed E-state index contributed by atoms with van der Waals surface area (Å²) in [6.45, 7) is 0.633. The molecular weight excluding hydrogens is 348 g/mol. The molecule has 2 aromatic carbocycles. The van der Waals surface area contributed by atoms with Crippen LogP contribution in [0.5, 0.6) is 11.5 Å². The van der Waals surface area contributed by atoms with Crippen molar-refractivity contribution in [1.29, 1.82) is 0 Å². The molecule has 1 fully saturated rings. The lowest BCUT2D eigenvalue weighted by atomic mass is 10.2. The smallest absolute Gasteiger partial charge is 0.253 e. The number of hydrogen-bond donors (Lipinski definition) is 1. The standard InChI is InChI=1S/C20H22N2O5/c1-25-16-8-6-14(7-9-16)20(24)21-11-18-12-22(19(23)13-27-18)15-4-3-5-17(10-15)26-2/h3-10,18H,11-13H2,1-2H3,(H,21,24). The summed E-state index contributed by atoms with van der Waals surface area (Å²) in [5.74, 6) is 1.04. The molecule has 0 aliphatic carbocycles. The number of carbonyl (C=O) groups excluding carboxylic acids is 2. The van der Waals surface area contributed by atoms with E-state index in [1.54, 1.807) is 49.5 Å². The van der Waals surface area contributed by atoms with E-state index in [4.69, 9.17) is 14.2 Å². The number of benzene rings is 2. The summed E-state index contributed by atoms with van der Waals surface area (Å²) in [5, 5.41) is 2.85. The molecule has 1 N–H and O–H groups in total. The molecule has 27 heavy (non-hydrogen) atoms. The number of rotatable bonds is 6. The van der Waals surface area contributed by atoms with E-state index in [1.165, 1.54) is 0 Å². The third-order valence-corrected chi connectivity index (χ3v) is 4.34. The van der Waals surface area contributed by atoms with Crippen LogP contribution >= 0.6 is 0 Å². The van der Waals surface area contributed by atoms with E-state index in [1.807, 2.05) is 18.2 Å². The van der Waals surface area contributed by atoms with Gasteiger partial charge in [-0.25, -0.2) is 0 Å². The van der Waals surface area contributed by atoms with E-state index < -0.39 is 0 Å². The predicted octanol–water partition coefficient (Wildman–Crippen LogP) is 1.87. The van der Waals surface area contributed by atoms with Crippen molar-refractivity contribution in [3.63, 3.8) is 0 Å². The van der Waals surface area contributed by atoms with Crippen LogP contribution in [-0.2, 0) is 9.53 Å². The molecule has 142 valence electrons. The predicted molar refractivity (Wildman–Crippen MR) is 100 cm³/mol. The number of amides is 2. The van der Waals surface area contributed by atoms with Crippen LogP contribution in [0, 0.1) is 0 Å². The highest BCUT2D eigenvalue weighted by molar-refractivity contribution is 5.95. The summed E-state index contributed by atoms with van der Waals surface area (Å²) in [7, 11) is 3.16. The van der Waals surface area contributed by atoms with Gasteiger partial charge in [-0.2, -0.15) is 0 Å². The Hall–Kier alpha value is -3.06. The molecule has 7 heteroatoms. The van der Waals surface area contributed by atoms with Crippen LogP contribution < -0.4 is 19.7 Å². The Balaban J connectivity index is 1.60. The lowest BCUT2D eigenvalue weighted by molar-refractivity contribution is -0.129. The number of methoxy groups -OCH3 is 2. The average Bonchev–Trinajstić information content (AvgIpc) is 2.73. The topological polar surface area (TPSA) is 77.1 Å². The molecule has 7 nitrogen and oxygen atoms in total. The number of carbonyl (C=O) groups is 2. The first-order chi connectivity index (χ1) is 13.1. The van der Waals surface area contributed by atoms with Crippen molar-refractivity contribution in [2.24, 2.45) is 0 Å². The monoisotopic (exact) mass is 370 g/mol. The Morgan fingerprint density at radius 2 is 1.89 bits per heavy atom. The molecule has 0 bridgehead atoms. The van der Waals surface area contributed by atoms with Gasteiger partial charge < -0.3 is 24.4 Å². The summed E-state index contributed by atoms with van der Waals surface area (Å²) in [4.78, 5) is 26.2. The van der Waals surface area contributed by atoms with Crippen LogP contribution in [0.2, 0.25) is 0 Å². The minimum atomic E-state index is -0.295. The van der Waals surface area contributed by atoms with Crippen molar-refractivity contribution in [2.45, 2.75) is 6.10 Å². The normalized spacial score (nSPS) is 16.7. The zero-order chi connectivity index (χ0) is 19.2. The zero-order valence-corrected chi connectivity index (χ0v) is 15.3. The van der Waals surface area contributed by atoms with Gasteiger partial charge in [0.1, 0.15) is 18.1 Å². The second kappa shape index (κ2) is 8.55. The quantitative estimate of drug-likeness (QED) is 0.840. The molecule has 1 saturated heterocycles. The van der Waals surface area contributed by atoms with Crippen molar-refractivity contribution in [2.75, 3.05) is 38.8 Å². The molecule has 0 spiro atoms. The highest BCUT2D eigenvalue weighted by atomic mass is 16.5. The minimum absolute atomic E-state index is 0.0275. The number of nitrogens with one attached hydrogen (secondary N) is 1. The average molecular weight is 370 g/mol. The molecule has 3 rings (SSSR count). The molecule has 0 saturated carbocycles. The van der Waals surface area contributed by atoms with Gasteiger partial charge >= 0.3 is 0 Å². The lowest BCUT2D eigenvalue weighted by Gasteiger charge is -2.33. The van der Waals surface area contributed by atoms with Crippen LogP contribution in [0.1, 0.15) is 10.4 Å². The van der Waals surface area contributed by atoms with Crippen molar-refractivity contribution >= 4 is 17.5 Å². The molecule has 1 aliphatic rings. The Morgan fingerprint density at radius 1 is 1.15 bits per heavy atom. The highest BCUT2D eigenvalue weighted by Gasteiger charge is 2.28. The SMILES string of the molecule is COc1ccc(C(=O)NCC2CN(c3cccc(OC)c3)C(=O)CO2)cc1. The summed E-state index contributed by atoms with van der Waals surface area (Å²) in [6, 6.07) is 14.2. The lowest BCUT2D eigenvalue weighted by Crippen LogP contribution is -2.50. The number of morpholine rings is 1. The van der Waals surface area contributed by atoms with E-state index >= 15 is 0 Å². The molecule has 0 radical (unpaired) electrons. The van der Waals surface area contributed by atoms with Gasteiger partial charge in [0.15, 0.2) is 0 Å². The fraction of sp³-hybridized carbons (Fsp3) is 0.300. The van der Waals surface area contributed by atoms with Crippen LogP contribution in [-0.4, -0.2) is 51.8 Å². The summed E-state index contributed by atoms with van der Waals surface area (Å²) >= 11 is 0. The number of ether oxygens (including phenoxy) is 3. The molecule has 1 unspecified atom stereocenters. The maximum atomic E-state index is 12.3. The van der Waals surface area contributed by atoms with Gasteiger partial charge in [0, 0.05) is 23.9 Å². The van der Waals surface area contributed by atoms with Crippen LogP contribution in [0.4, 0.5) is 5.69 Å². The van der Waals surface area contributed by atoms with E-state index in [2.05, 4.69) is 5.32 Å². The molecule has 1 heterocycles. The first-order valence-electron chi connectivity index (χ1n) is 8.59. The van der Waals surface area contributed by atoms with Crippen LogP contribution in [0.15, 0.2) is 48.5 Å². The molecule has 0 aromatic heterocycles. The summed E-state index contributed by atoms with van der Waals surface area (Å²) in [6.07, 6.45) is -0.295. The maximum Gasteiger partial charge on any atom is 0.253 e. The van der Waals surface area contributed by atoms with Gasteiger partial charge in [0.2, 0.25) is 0 Å². The third kappa shape index (κ3) is 4.57. The second-order valence-corrected chi connectivity index (χ2v) is 6.08. The highest BCUT2D eigenvalue weighted by Crippen LogP contribution is 2.23. The van der Waals surface area contributed by atoms with Crippen molar-refractivity contribution < 1.29 is 23.8 Å². The van der Waals surface area contributed by atoms with Crippen LogP contribution in [0.25, 0.3) is 0 Å². The molecular formula is C20H22N2O5. The largest absolute Gasteiger partial charge is 0.497 e. The summed E-state index contributed by atoms with van der Waals surface area (Å²) in [5.41, 5.74) is 1.28. The van der Waals surface area contributed by atoms with E-state index in [0.29, 0.717) is 30.2 Å². The van der Waals surface area contributed by atoms with E-state index in [-0.39, 0.29) is 24.5 Å². The van der Waals surface area contributed by atoms with Crippen molar-refractivity contribution in [3.8, 4) is 11.5 Å². The number of anilines is 1. The Bertz CT molecular complexity index is 806. The van der Waals surface area contributed by atoms with Crippen LogP contribution in [0.3, 0.4) is 0 Å². The fourth-order valence-corrected chi connectivity index (χ4v) is 2.83. The second-order valence-electron chi connectivity index (χ2n) is 6.08. The van der Waals surface area contributed by atoms with Gasteiger partial charge in [-0.3, -0.25) is 9.59 Å². The third-order valence-electron chi connectivity index (χ3n) is 4.34. The number of nitrogens with zero attached hydrogens (tertiary/aromatic N) is 1. The Morgan fingerprint density at radius 3 is 2.59 bits per heavy atom. The van der Waals surface area contributed by atoms with Gasteiger partial charge in [0.25, 0.3) is 11.8 Å². The first kappa shape index (κ1) is 18.7. The van der Waals surface area contributed by atoms with E-state index in [0.717, 1.165) is 5.69 Å². The Kier molecular flexibility index (Phi) is 5.93. The fourth-order valence-electron chi connectivity index (χ4n) is 2.83. The maximum absolute atomic E-state index is 12.3. The number of hydrogen-bond acceptors (Lipinski definition) is 5. The van der Waals surface area contributed by atoms with Crippen molar-refractivity contribution in [3.05, 3.63) is 54.1 Å². The van der Waals surface area contributed by atoms with Gasteiger partial charge in [-0.15, -0.1) is 0 Å². The first-order valence-corrected chi connectivity index (χ1v) is 8.59. The van der Waals surface area contributed by atoms with Gasteiger partial charge in [-0.1, -0.05) is 6.07 Å². The zero-order valence-electron chi connectivity index (χ0n) is 15.3. The molecule has 1 aliphatic heterocycles. The molecule has 2 amide bonds. The minimum Gasteiger partial charge on any atom is -0.497 e. The van der Waals surface area contributed by atoms with Gasteiger partial charge in [0.05, 0.1) is 26.9 Å². The molecule has 1 atom stereocenters. The molecule has 2 aromatic rings.